The van der Waals surface area contributed by atoms with E-state index in [1.807, 2.05) is 25.4 Å². The number of nitrogens with zero attached hydrogens (tertiary/aromatic N) is 2. The highest BCUT2D eigenvalue weighted by molar-refractivity contribution is 5.03. The molecular weight excluding hydrogens is 186 g/mol. The predicted octanol–water partition coefficient (Wildman–Crippen LogP) is 1.17. The van der Waals surface area contributed by atoms with Gasteiger partial charge in [0.15, 0.2) is 0 Å². The molecule has 3 heteroatoms. The molecule has 15 heavy (non-hydrogen) atoms. The van der Waals surface area contributed by atoms with Gasteiger partial charge in [-0.25, -0.2) is 0 Å². The Hall–Kier alpha value is -0.930. The van der Waals surface area contributed by atoms with Gasteiger partial charge in [0.05, 0.1) is 0 Å². The smallest absolute Gasteiger partial charge is 0.0416 e. The third-order valence-corrected chi connectivity index (χ3v) is 2.44. The molecular formula is C12H21N3. The summed E-state index contributed by atoms with van der Waals surface area (Å²) in [5.74, 6) is 0. The number of nitrogens with one attached hydrogen (secondary N) is 1. The van der Waals surface area contributed by atoms with Crippen molar-refractivity contribution < 1.29 is 0 Å². The van der Waals surface area contributed by atoms with Crippen molar-refractivity contribution in [2.45, 2.75) is 12.8 Å². The molecule has 1 rings (SSSR count). The van der Waals surface area contributed by atoms with Crippen LogP contribution in [0.25, 0.3) is 0 Å². The molecule has 0 aromatic carbocycles. The Morgan fingerprint density at radius 2 is 2.20 bits per heavy atom. The molecule has 0 atom stereocenters. The normalized spacial score (nSPS) is 10.9. The van der Waals surface area contributed by atoms with Crippen LogP contribution in [0.15, 0.2) is 24.4 Å². The van der Waals surface area contributed by atoms with Gasteiger partial charge in [-0.3, -0.25) is 4.98 Å². The van der Waals surface area contributed by atoms with Crippen LogP contribution in [0.4, 0.5) is 0 Å². The zero-order valence-electron chi connectivity index (χ0n) is 9.74. The van der Waals surface area contributed by atoms with Crippen molar-refractivity contribution in [3.63, 3.8) is 0 Å². The summed E-state index contributed by atoms with van der Waals surface area (Å²) >= 11 is 0. The third kappa shape index (κ3) is 5.50. The molecule has 1 aromatic rings. The quantitative estimate of drug-likeness (QED) is 0.680. The lowest BCUT2D eigenvalue weighted by molar-refractivity contribution is 0.331. The molecule has 0 aliphatic carbocycles. The minimum atomic E-state index is 1.04. The minimum Gasteiger partial charge on any atom is -0.320 e. The molecule has 0 aliphatic heterocycles. The molecule has 0 saturated heterocycles. The fourth-order valence-corrected chi connectivity index (χ4v) is 1.49. The average Bonchev–Trinajstić information content (AvgIpc) is 2.28. The topological polar surface area (TPSA) is 28.2 Å². The molecule has 1 N–H and O–H groups in total. The van der Waals surface area contributed by atoms with Gasteiger partial charge in [-0.2, -0.15) is 0 Å². The third-order valence-electron chi connectivity index (χ3n) is 2.44. The molecule has 1 aromatic heterocycles. The van der Waals surface area contributed by atoms with E-state index in [0.717, 1.165) is 26.1 Å². The van der Waals surface area contributed by atoms with E-state index >= 15 is 0 Å². The van der Waals surface area contributed by atoms with Crippen molar-refractivity contribution in [2.75, 3.05) is 33.7 Å². The molecule has 0 amide bonds. The fourth-order valence-electron chi connectivity index (χ4n) is 1.49. The van der Waals surface area contributed by atoms with Crippen LogP contribution in [0, 0.1) is 0 Å². The lowest BCUT2D eigenvalue weighted by Gasteiger charge is -2.15. The van der Waals surface area contributed by atoms with Crippen LogP contribution in [-0.2, 0) is 6.42 Å². The van der Waals surface area contributed by atoms with E-state index in [2.05, 4.69) is 28.3 Å². The highest BCUT2D eigenvalue weighted by atomic mass is 15.1. The van der Waals surface area contributed by atoms with Crippen LogP contribution in [0.3, 0.4) is 0 Å². The summed E-state index contributed by atoms with van der Waals surface area (Å²) in [4.78, 5) is 6.66. The zero-order valence-corrected chi connectivity index (χ0v) is 9.74. The first-order valence-electron chi connectivity index (χ1n) is 5.56. The standard InChI is InChI=1S/C12H21N3/c1-13-8-5-10-15(2)11-7-12-6-3-4-9-14-12/h3-4,6,9,13H,5,7-8,10-11H2,1-2H3. The minimum absolute atomic E-state index is 1.04. The van der Waals surface area contributed by atoms with Gasteiger partial charge in [0.2, 0.25) is 0 Å². The van der Waals surface area contributed by atoms with Crippen LogP contribution < -0.4 is 5.32 Å². The first-order valence-corrected chi connectivity index (χ1v) is 5.56. The summed E-state index contributed by atoms with van der Waals surface area (Å²) in [6, 6.07) is 6.09. The summed E-state index contributed by atoms with van der Waals surface area (Å²) in [5.41, 5.74) is 1.18. The second-order valence-electron chi connectivity index (χ2n) is 3.83. The number of hydrogen-bond donors (Lipinski definition) is 1. The number of rotatable bonds is 7. The van der Waals surface area contributed by atoms with Crippen molar-refractivity contribution in [1.29, 1.82) is 0 Å². The molecule has 84 valence electrons. The Labute approximate surface area is 92.5 Å². The molecule has 0 fully saturated rings. The molecule has 3 nitrogen and oxygen atoms in total. The Morgan fingerprint density at radius 1 is 1.33 bits per heavy atom. The van der Waals surface area contributed by atoms with Gasteiger partial charge in [0.25, 0.3) is 0 Å². The summed E-state index contributed by atoms with van der Waals surface area (Å²) < 4.78 is 0. The van der Waals surface area contributed by atoms with Crippen molar-refractivity contribution >= 4 is 0 Å². The largest absolute Gasteiger partial charge is 0.320 e. The van der Waals surface area contributed by atoms with Crippen LogP contribution in [0.1, 0.15) is 12.1 Å². The Kier molecular flexibility index (Phi) is 5.97. The van der Waals surface area contributed by atoms with Crippen LogP contribution >= 0.6 is 0 Å². The molecule has 1 heterocycles. The monoisotopic (exact) mass is 207 g/mol. The maximum absolute atomic E-state index is 4.31. The second-order valence-corrected chi connectivity index (χ2v) is 3.83. The van der Waals surface area contributed by atoms with E-state index in [0.29, 0.717) is 0 Å². The number of likely N-dealkylation sites (N-methyl/N-ethyl adjacent to an activating group) is 1. The van der Waals surface area contributed by atoms with Gasteiger partial charge in [-0.1, -0.05) is 6.07 Å². The van der Waals surface area contributed by atoms with Crippen molar-refractivity contribution in [3.05, 3.63) is 30.1 Å². The SMILES string of the molecule is CNCCCN(C)CCc1ccccn1. The Balaban J connectivity index is 2.14. The van der Waals surface area contributed by atoms with E-state index in [1.54, 1.807) is 0 Å². The average molecular weight is 207 g/mol. The van der Waals surface area contributed by atoms with Gasteiger partial charge >= 0.3 is 0 Å². The molecule has 0 radical (unpaired) electrons. The van der Waals surface area contributed by atoms with E-state index in [-0.39, 0.29) is 0 Å². The molecule has 0 bridgehead atoms. The van der Waals surface area contributed by atoms with E-state index < -0.39 is 0 Å². The molecule has 0 spiro atoms. The van der Waals surface area contributed by atoms with Gasteiger partial charge in [-0.05, 0) is 45.7 Å². The second kappa shape index (κ2) is 7.37. The van der Waals surface area contributed by atoms with E-state index in [1.165, 1.54) is 12.1 Å². The molecule has 0 saturated carbocycles. The summed E-state index contributed by atoms with van der Waals surface area (Å²) in [6.07, 6.45) is 4.10. The van der Waals surface area contributed by atoms with Crippen molar-refractivity contribution in [2.24, 2.45) is 0 Å². The van der Waals surface area contributed by atoms with Crippen LogP contribution in [0.2, 0.25) is 0 Å². The molecule has 0 aliphatic rings. The van der Waals surface area contributed by atoms with Gasteiger partial charge < -0.3 is 10.2 Å². The number of hydrogen-bond acceptors (Lipinski definition) is 3. The lowest BCUT2D eigenvalue weighted by Crippen LogP contribution is -2.25. The van der Waals surface area contributed by atoms with Gasteiger partial charge in [0, 0.05) is 24.9 Å². The number of aromatic nitrogens is 1. The summed E-state index contributed by atoms with van der Waals surface area (Å²) in [6.45, 7) is 3.32. The van der Waals surface area contributed by atoms with E-state index in [9.17, 15) is 0 Å². The lowest BCUT2D eigenvalue weighted by atomic mass is 10.2. The maximum Gasteiger partial charge on any atom is 0.0416 e. The Bertz CT molecular complexity index is 248. The van der Waals surface area contributed by atoms with Gasteiger partial charge in [0.1, 0.15) is 0 Å². The highest BCUT2D eigenvalue weighted by Gasteiger charge is 1.99. The number of pyridine rings is 1. The van der Waals surface area contributed by atoms with Gasteiger partial charge in [-0.15, -0.1) is 0 Å². The first kappa shape index (κ1) is 12.1. The first-order chi connectivity index (χ1) is 7.33. The Morgan fingerprint density at radius 3 is 2.87 bits per heavy atom. The molecule has 0 unspecified atom stereocenters. The summed E-state index contributed by atoms with van der Waals surface area (Å²) in [7, 11) is 4.16. The van der Waals surface area contributed by atoms with E-state index in [4.69, 9.17) is 0 Å². The fraction of sp³-hybridized carbons (Fsp3) is 0.583. The van der Waals surface area contributed by atoms with Crippen molar-refractivity contribution in [1.82, 2.24) is 15.2 Å². The van der Waals surface area contributed by atoms with Crippen molar-refractivity contribution in [3.8, 4) is 0 Å². The maximum atomic E-state index is 4.31. The van der Waals surface area contributed by atoms with Crippen LogP contribution in [0.5, 0.6) is 0 Å². The van der Waals surface area contributed by atoms with Crippen LogP contribution in [-0.4, -0.2) is 43.6 Å². The predicted molar refractivity (Wildman–Crippen MR) is 64.0 cm³/mol. The zero-order chi connectivity index (χ0) is 10.9. The summed E-state index contributed by atoms with van der Waals surface area (Å²) in [5, 5.41) is 3.16. The highest BCUT2D eigenvalue weighted by Crippen LogP contribution is 1.96.